The Kier molecular flexibility index (Phi) is 4.93. The van der Waals surface area contributed by atoms with E-state index in [9.17, 15) is 9.90 Å². The van der Waals surface area contributed by atoms with Crippen molar-refractivity contribution in [1.82, 2.24) is 5.32 Å². The van der Waals surface area contributed by atoms with Crippen LogP contribution >= 0.6 is 0 Å². The van der Waals surface area contributed by atoms with Crippen molar-refractivity contribution >= 4 is 5.91 Å². The van der Waals surface area contributed by atoms with Crippen molar-refractivity contribution < 1.29 is 14.3 Å². The van der Waals surface area contributed by atoms with Gasteiger partial charge in [0.1, 0.15) is 12.0 Å². The number of nitrogens with one attached hydrogen (secondary N) is 1. The molecule has 1 amide bonds. The number of aliphatic hydroxyl groups excluding tert-OH is 1. The Morgan fingerprint density at radius 2 is 2.28 bits per heavy atom. The summed E-state index contributed by atoms with van der Waals surface area (Å²) in [6, 6.07) is 1.64. The second-order valence-corrected chi connectivity index (χ2v) is 5.41. The highest BCUT2D eigenvalue weighted by Crippen LogP contribution is 2.21. The summed E-state index contributed by atoms with van der Waals surface area (Å²) in [7, 11) is 0. The molecule has 0 radical (unpaired) electrons. The molecule has 5 heteroatoms. The lowest BCUT2D eigenvalue weighted by Gasteiger charge is -2.26. The van der Waals surface area contributed by atoms with Gasteiger partial charge in [-0.1, -0.05) is 13.8 Å². The molecule has 5 nitrogen and oxygen atoms in total. The van der Waals surface area contributed by atoms with Crippen LogP contribution < -0.4 is 11.1 Å². The van der Waals surface area contributed by atoms with E-state index in [2.05, 4.69) is 5.32 Å². The monoisotopic (exact) mass is 254 g/mol. The van der Waals surface area contributed by atoms with E-state index in [-0.39, 0.29) is 24.0 Å². The molecular weight excluding hydrogens is 232 g/mol. The Bertz CT molecular complexity index is 397. The number of hydrogen-bond acceptors (Lipinski definition) is 4. The largest absolute Gasteiger partial charge is 0.467 e. The van der Waals surface area contributed by atoms with Gasteiger partial charge in [-0.15, -0.1) is 0 Å². The fourth-order valence-electron chi connectivity index (χ4n) is 1.90. The van der Waals surface area contributed by atoms with Gasteiger partial charge < -0.3 is 20.6 Å². The molecule has 1 aromatic heterocycles. The first kappa shape index (κ1) is 14.7. The van der Waals surface area contributed by atoms with Crippen LogP contribution in [-0.4, -0.2) is 23.7 Å². The standard InChI is InChI=1S/C13H22N2O3/c1-9(16)5-13(2,3)8-15-12(17)10-4-11(6-14)18-7-10/h4,7,9,16H,5-6,8,14H2,1-3H3,(H,15,17). The second kappa shape index (κ2) is 6.02. The number of hydrogen-bond donors (Lipinski definition) is 3. The van der Waals surface area contributed by atoms with Gasteiger partial charge in [0, 0.05) is 6.54 Å². The first-order valence-electron chi connectivity index (χ1n) is 6.08. The van der Waals surface area contributed by atoms with E-state index in [0.29, 0.717) is 24.3 Å². The number of furan rings is 1. The van der Waals surface area contributed by atoms with Crippen LogP contribution in [0.5, 0.6) is 0 Å². The third kappa shape index (κ3) is 4.50. The Morgan fingerprint density at radius 1 is 1.61 bits per heavy atom. The van der Waals surface area contributed by atoms with Gasteiger partial charge in [0.2, 0.25) is 0 Å². The summed E-state index contributed by atoms with van der Waals surface area (Å²) in [4.78, 5) is 11.8. The third-order valence-electron chi connectivity index (χ3n) is 2.69. The highest BCUT2D eigenvalue weighted by atomic mass is 16.3. The van der Waals surface area contributed by atoms with Gasteiger partial charge in [-0.25, -0.2) is 0 Å². The van der Waals surface area contributed by atoms with Crippen LogP contribution in [-0.2, 0) is 6.54 Å². The lowest BCUT2D eigenvalue weighted by Crippen LogP contribution is -2.35. The van der Waals surface area contributed by atoms with Crippen LogP contribution in [0.15, 0.2) is 16.7 Å². The van der Waals surface area contributed by atoms with Gasteiger partial charge in [0.05, 0.1) is 18.2 Å². The Morgan fingerprint density at radius 3 is 2.78 bits per heavy atom. The van der Waals surface area contributed by atoms with E-state index in [1.54, 1.807) is 13.0 Å². The first-order valence-corrected chi connectivity index (χ1v) is 6.08. The van der Waals surface area contributed by atoms with Crippen LogP contribution in [0.3, 0.4) is 0 Å². The zero-order valence-corrected chi connectivity index (χ0v) is 11.2. The maximum Gasteiger partial charge on any atom is 0.254 e. The van der Waals surface area contributed by atoms with Gasteiger partial charge >= 0.3 is 0 Å². The summed E-state index contributed by atoms with van der Waals surface area (Å²) in [6.45, 7) is 6.52. The number of carbonyl (C=O) groups is 1. The fourth-order valence-corrected chi connectivity index (χ4v) is 1.90. The number of carbonyl (C=O) groups excluding carboxylic acids is 1. The van der Waals surface area contributed by atoms with E-state index in [1.807, 2.05) is 13.8 Å². The van der Waals surface area contributed by atoms with E-state index in [4.69, 9.17) is 10.2 Å². The average molecular weight is 254 g/mol. The minimum absolute atomic E-state index is 0.149. The summed E-state index contributed by atoms with van der Waals surface area (Å²) in [5.41, 5.74) is 5.73. The fraction of sp³-hybridized carbons (Fsp3) is 0.615. The van der Waals surface area contributed by atoms with Gasteiger partial charge in [0.15, 0.2) is 0 Å². The smallest absolute Gasteiger partial charge is 0.254 e. The molecule has 0 aliphatic heterocycles. The average Bonchev–Trinajstić information content (AvgIpc) is 2.72. The molecule has 1 rings (SSSR count). The van der Waals surface area contributed by atoms with Crippen LogP contribution in [0.4, 0.5) is 0 Å². The third-order valence-corrected chi connectivity index (χ3v) is 2.69. The molecule has 102 valence electrons. The lowest BCUT2D eigenvalue weighted by molar-refractivity contribution is 0.0901. The molecule has 18 heavy (non-hydrogen) atoms. The van der Waals surface area contributed by atoms with Crippen molar-refractivity contribution in [2.75, 3.05) is 6.54 Å². The van der Waals surface area contributed by atoms with Crippen molar-refractivity contribution in [2.45, 2.75) is 39.8 Å². The maximum atomic E-state index is 11.8. The normalized spacial score (nSPS) is 13.4. The van der Waals surface area contributed by atoms with Gasteiger partial charge in [-0.3, -0.25) is 4.79 Å². The molecule has 0 saturated heterocycles. The zero-order chi connectivity index (χ0) is 13.8. The van der Waals surface area contributed by atoms with E-state index >= 15 is 0 Å². The molecule has 4 N–H and O–H groups in total. The van der Waals surface area contributed by atoms with Crippen molar-refractivity contribution in [3.05, 3.63) is 23.7 Å². The molecule has 0 bridgehead atoms. The lowest BCUT2D eigenvalue weighted by atomic mass is 9.87. The predicted octanol–water partition coefficient (Wildman–Crippen LogP) is 1.27. The van der Waals surface area contributed by atoms with Crippen molar-refractivity contribution in [3.8, 4) is 0 Å². The van der Waals surface area contributed by atoms with Gasteiger partial charge in [-0.2, -0.15) is 0 Å². The molecule has 1 aromatic rings. The van der Waals surface area contributed by atoms with Crippen molar-refractivity contribution in [1.29, 1.82) is 0 Å². The maximum absolute atomic E-state index is 11.8. The van der Waals surface area contributed by atoms with Crippen LogP contribution in [0.1, 0.15) is 43.3 Å². The van der Waals surface area contributed by atoms with Gasteiger partial charge in [0.25, 0.3) is 5.91 Å². The Hall–Kier alpha value is -1.33. The van der Waals surface area contributed by atoms with E-state index in [1.165, 1.54) is 6.26 Å². The predicted molar refractivity (Wildman–Crippen MR) is 69.0 cm³/mol. The van der Waals surface area contributed by atoms with E-state index in [0.717, 1.165) is 0 Å². The summed E-state index contributed by atoms with van der Waals surface area (Å²) in [5, 5.41) is 12.2. The summed E-state index contributed by atoms with van der Waals surface area (Å²) in [6.07, 6.45) is 1.65. The number of amides is 1. The highest BCUT2D eigenvalue weighted by molar-refractivity contribution is 5.93. The van der Waals surface area contributed by atoms with Crippen molar-refractivity contribution in [3.63, 3.8) is 0 Å². The molecule has 1 unspecified atom stereocenters. The summed E-state index contributed by atoms with van der Waals surface area (Å²) < 4.78 is 5.11. The molecule has 0 fully saturated rings. The highest BCUT2D eigenvalue weighted by Gasteiger charge is 2.21. The summed E-state index contributed by atoms with van der Waals surface area (Å²) in [5.74, 6) is 0.403. The number of rotatable bonds is 6. The minimum atomic E-state index is -0.380. The molecule has 0 saturated carbocycles. The second-order valence-electron chi connectivity index (χ2n) is 5.41. The molecule has 0 spiro atoms. The molecule has 0 aromatic carbocycles. The molecule has 0 aliphatic carbocycles. The van der Waals surface area contributed by atoms with Gasteiger partial charge in [-0.05, 0) is 24.8 Å². The Balaban J connectivity index is 2.50. The minimum Gasteiger partial charge on any atom is -0.467 e. The first-order chi connectivity index (χ1) is 8.34. The summed E-state index contributed by atoms with van der Waals surface area (Å²) >= 11 is 0. The van der Waals surface area contributed by atoms with Crippen LogP contribution in [0.2, 0.25) is 0 Å². The number of nitrogens with two attached hydrogens (primary N) is 1. The number of aliphatic hydroxyl groups is 1. The SMILES string of the molecule is CC(O)CC(C)(C)CNC(=O)c1coc(CN)c1. The Labute approximate surface area is 107 Å². The van der Waals surface area contributed by atoms with E-state index < -0.39 is 0 Å². The quantitative estimate of drug-likeness (QED) is 0.713. The molecule has 1 heterocycles. The molecular formula is C13H22N2O3. The van der Waals surface area contributed by atoms with Crippen LogP contribution in [0, 0.1) is 5.41 Å². The van der Waals surface area contributed by atoms with Crippen LogP contribution in [0.25, 0.3) is 0 Å². The zero-order valence-electron chi connectivity index (χ0n) is 11.2. The topological polar surface area (TPSA) is 88.5 Å². The van der Waals surface area contributed by atoms with Crippen molar-refractivity contribution in [2.24, 2.45) is 11.1 Å². The molecule has 1 atom stereocenters. The molecule has 0 aliphatic rings.